The van der Waals surface area contributed by atoms with Gasteiger partial charge in [-0.1, -0.05) is 0 Å². The minimum atomic E-state index is -2.31. The lowest BCUT2D eigenvalue weighted by molar-refractivity contribution is -0.132. The van der Waals surface area contributed by atoms with Crippen molar-refractivity contribution < 1.29 is 13.6 Å². The molecule has 4 nitrogen and oxygen atoms in total. The molecule has 1 aliphatic heterocycles. The topological polar surface area (TPSA) is 49.6 Å². The van der Waals surface area contributed by atoms with Crippen molar-refractivity contribution >= 4 is 18.3 Å². The molecule has 1 unspecified atom stereocenters. The Bertz CT molecular complexity index is 242. The summed E-state index contributed by atoms with van der Waals surface area (Å²) in [6.07, 6.45) is -1.58. The minimum absolute atomic E-state index is 0. The first-order valence-electron chi connectivity index (χ1n) is 5.55. The molecule has 0 spiro atoms. The summed E-state index contributed by atoms with van der Waals surface area (Å²) in [5.74, 6) is -0.0982. The van der Waals surface area contributed by atoms with Crippen LogP contribution in [0.1, 0.15) is 13.3 Å². The molecule has 1 aliphatic rings. The summed E-state index contributed by atoms with van der Waals surface area (Å²) in [6, 6.07) is -0.512. The van der Waals surface area contributed by atoms with E-state index in [1.54, 1.807) is 16.7 Å². The lowest BCUT2D eigenvalue weighted by Gasteiger charge is -2.23. The normalized spacial score (nSPS) is 19.7. The Kier molecular flexibility index (Phi) is 7.58. The Morgan fingerprint density at radius 1 is 1.29 bits per heavy atom. The Morgan fingerprint density at radius 2 is 1.94 bits per heavy atom. The Hall–Kier alpha value is -0.460. The molecule has 0 bridgehead atoms. The first-order valence-corrected chi connectivity index (χ1v) is 5.55. The predicted octanol–water partition coefficient (Wildman–Crippen LogP) is 0.555. The lowest BCUT2D eigenvalue weighted by Crippen LogP contribution is -2.44. The fourth-order valence-electron chi connectivity index (χ4n) is 1.86. The highest BCUT2D eigenvalue weighted by Crippen LogP contribution is 2.06. The van der Waals surface area contributed by atoms with Crippen LogP contribution in [0.4, 0.5) is 8.78 Å². The second-order valence-corrected chi connectivity index (χ2v) is 4.16. The maximum absolute atomic E-state index is 12.2. The van der Waals surface area contributed by atoms with Gasteiger partial charge < -0.3 is 10.6 Å². The minimum Gasteiger partial charge on any atom is -0.340 e. The summed E-state index contributed by atoms with van der Waals surface area (Å²) in [7, 11) is 0. The van der Waals surface area contributed by atoms with Crippen LogP contribution < -0.4 is 5.73 Å². The number of amides is 1. The van der Waals surface area contributed by atoms with E-state index in [9.17, 15) is 13.6 Å². The molecule has 17 heavy (non-hydrogen) atoms. The second-order valence-electron chi connectivity index (χ2n) is 4.16. The third-order valence-corrected chi connectivity index (χ3v) is 2.69. The predicted molar refractivity (Wildman–Crippen MR) is 64.5 cm³/mol. The van der Waals surface area contributed by atoms with Crippen molar-refractivity contribution in [2.45, 2.75) is 25.8 Å². The molecule has 1 rings (SSSR count). The van der Waals surface area contributed by atoms with Gasteiger partial charge in [0.25, 0.3) is 6.43 Å². The first-order chi connectivity index (χ1) is 7.50. The summed E-state index contributed by atoms with van der Waals surface area (Å²) in [5, 5.41) is 0. The van der Waals surface area contributed by atoms with Crippen LogP contribution in [0.25, 0.3) is 0 Å². The molecular weight excluding hydrogens is 252 g/mol. The second kappa shape index (κ2) is 7.79. The molecule has 0 radical (unpaired) electrons. The number of nitrogens with two attached hydrogens (primary N) is 1. The van der Waals surface area contributed by atoms with E-state index in [4.69, 9.17) is 5.73 Å². The van der Waals surface area contributed by atoms with Gasteiger partial charge in [0, 0.05) is 26.2 Å². The summed E-state index contributed by atoms with van der Waals surface area (Å²) in [6.45, 7) is 3.66. The van der Waals surface area contributed by atoms with Crippen molar-refractivity contribution in [1.29, 1.82) is 0 Å². The van der Waals surface area contributed by atoms with E-state index >= 15 is 0 Å². The Labute approximate surface area is 107 Å². The Morgan fingerprint density at radius 3 is 2.47 bits per heavy atom. The van der Waals surface area contributed by atoms with Crippen LogP contribution >= 0.6 is 12.4 Å². The number of nitrogens with zero attached hydrogens (tertiary/aromatic N) is 2. The van der Waals surface area contributed by atoms with Crippen LogP contribution in [-0.2, 0) is 4.79 Å². The number of alkyl halides is 2. The average molecular weight is 272 g/mol. The van der Waals surface area contributed by atoms with Gasteiger partial charge in [0.2, 0.25) is 5.91 Å². The highest BCUT2D eigenvalue weighted by atomic mass is 35.5. The highest BCUT2D eigenvalue weighted by Gasteiger charge is 2.22. The molecule has 0 aliphatic carbocycles. The van der Waals surface area contributed by atoms with Crippen LogP contribution in [0, 0.1) is 0 Å². The zero-order valence-electron chi connectivity index (χ0n) is 9.94. The fraction of sp³-hybridized carbons (Fsp3) is 0.900. The quantitative estimate of drug-likeness (QED) is 0.816. The molecule has 1 fully saturated rings. The molecule has 102 valence electrons. The highest BCUT2D eigenvalue weighted by molar-refractivity contribution is 5.85. The molecule has 1 saturated heterocycles. The van der Waals surface area contributed by atoms with Crippen molar-refractivity contribution in [3.8, 4) is 0 Å². The van der Waals surface area contributed by atoms with Gasteiger partial charge in [0.15, 0.2) is 0 Å². The molecule has 0 aromatic rings. The van der Waals surface area contributed by atoms with E-state index in [-0.39, 0.29) is 24.9 Å². The summed E-state index contributed by atoms with van der Waals surface area (Å²) in [5.41, 5.74) is 5.51. The van der Waals surface area contributed by atoms with Crippen LogP contribution in [0.15, 0.2) is 0 Å². The van der Waals surface area contributed by atoms with E-state index in [1.165, 1.54) is 0 Å². The van der Waals surface area contributed by atoms with Crippen molar-refractivity contribution in [2.24, 2.45) is 5.73 Å². The molecule has 2 N–H and O–H groups in total. The number of carbonyl (C=O) groups is 1. The van der Waals surface area contributed by atoms with Gasteiger partial charge in [-0.05, 0) is 13.3 Å². The van der Waals surface area contributed by atoms with Gasteiger partial charge in [-0.2, -0.15) is 0 Å². The molecular formula is C10H20ClF2N3O. The van der Waals surface area contributed by atoms with Gasteiger partial charge in [-0.15, -0.1) is 12.4 Å². The summed E-state index contributed by atoms with van der Waals surface area (Å²) >= 11 is 0. The van der Waals surface area contributed by atoms with Gasteiger partial charge in [0.05, 0.1) is 12.6 Å². The number of hydrogen-bond donors (Lipinski definition) is 1. The first kappa shape index (κ1) is 16.5. The third-order valence-electron chi connectivity index (χ3n) is 2.69. The third kappa shape index (κ3) is 5.61. The van der Waals surface area contributed by atoms with Gasteiger partial charge in [-0.3, -0.25) is 9.69 Å². The van der Waals surface area contributed by atoms with E-state index < -0.39 is 12.5 Å². The van der Waals surface area contributed by atoms with Gasteiger partial charge in [-0.25, -0.2) is 8.78 Å². The van der Waals surface area contributed by atoms with E-state index in [1.807, 2.05) is 0 Å². The van der Waals surface area contributed by atoms with Crippen LogP contribution in [0.3, 0.4) is 0 Å². The molecule has 1 amide bonds. The molecule has 1 heterocycles. The van der Waals surface area contributed by atoms with Crippen molar-refractivity contribution in [3.63, 3.8) is 0 Å². The smallest absolute Gasteiger partial charge is 0.251 e. The van der Waals surface area contributed by atoms with E-state index in [2.05, 4.69) is 0 Å². The molecule has 7 heteroatoms. The zero-order chi connectivity index (χ0) is 12.1. The largest absolute Gasteiger partial charge is 0.340 e. The molecule has 0 saturated carbocycles. The average Bonchev–Trinajstić information content (AvgIpc) is 2.41. The van der Waals surface area contributed by atoms with Crippen LogP contribution in [-0.4, -0.2) is 60.9 Å². The van der Waals surface area contributed by atoms with E-state index in [0.717, 1.165) is 6.42 Å². The maximum Gasteiger partial charge on any atom is 0.251 e. The van der Waals surface area contributed by atoms with Gasteiger partial charge >= 0.3 is 0 Å². The van der Waals surface area contributed by atoms with Crippen LogP contribution in [0.5, 0.6) is 0 Å². The van der Waals surface area contributed by atoms with Crippen molar-refractivity contribution in [1.82, 2.24) is 9.80 Å². The molecule has 0 aromatic heterocycles. The molecule has 0 aromatic carbocycles. The zero-order valence-corrected chi connectivity index (χ0v) is 10.8. The Balaban J connectivity index is 0.00000256. The number of hydrogen-bond acceptors (Lipinski definition) is 3. The van der Waals surface area contributed by atoms with Crippen LogP contribution in [0.2, 0.25) is 0 Å². The van der Waals surface area contributed by atoms with Crippen molar-refractivity contribution in [3.05, 3.63) is 0 Å². The van der Waals surface area contributed by atoms with Crippen molar-refractivity contribution in [2.75, 3.05) is 32.7 Å². The lowest BCUT2D eigenvalue weighted by atomic mass is 10.3. The maximum atomic E-state index is 12.2. The summed E-state index contributed by atoms with van der Waals surface area (Å²) < 4.78 is 24.4. The monoisotopic (exact) mass is 271 g/mol. The number of carbonyl (C=O) groups excluding carboxylic acids is 1. The number of rotatable bonds is 3. The SMILES string of the molecule is CC(N)C(=O)N1CCCN(CC(F)F)CC1.Cl. The molecule has 1 atom stereocenters. The number of halogens is 3. The standard InChI is InChI=1S/C10H19F2N3O.ClH/c1-8(13)10(16)15-4-2-3-14(5-6-15)7-9(11)12;/h8-9H,2-7,13H2,1H3;1H. The van der Waals surface area contributed by atoms with E-state index in [0.29, 0.717) is 26.2 Å². The van der Waals surface area contributed by atoms with Gasteiger partial charge in [0.1, 0.15) is 0 Å². The fourth-order valence-corrected chi connectivity index (χ4v) is 1.86. The summed E-state index contributed by atoms with van der Waals surface area (Å²) in [4.78, 5) is 15.0.